The molecule has 9 aromatic carbocycles. The maximum absolute atomic E-state index is 2.48. The van der Waals surface area contributed by atoms with Crippen molar-refractivity contribution < 1.29 is 0 Å². The largest absolute Gasteiger partial charge is 0.314 e. The highest BCUT2D eigenvalue weighted by Gasteiger charge is 2.22. The molecule has 0 spiro atoms. The van der Waals surface area contributed by atoms with Crippen molar-refractivity contribution in [3.05, 3.63) is 242 Å². The fourth-order valence-electron chi connectivity index (χ4n) is 9.23. The molecule has 1 aliphatic carbocycles. The number of nitrogens with zero attached hydrogens (tertiary/aromatic N) is 2. The van der Waals surface area contributed by atoms with E-state index in [0.717, 1.165) is 18.5 Å². The Hall–Kier alpha value is -7.68. The average Bonchev–Trinajstić information content (AvgIpc) is 3.67. The highest BCUT2D eigenvalue weighted by atomic mass is 15.2. The van der Waals surface area contributed by atoms with E-state index in [2.05, 4.69) is 240 Å². The van der Waals surface area contributed by atoms with Gasteiger partial charge < -0.3 is 9.47 Å². The van der Waals surface area contributed by atoms with Gasteiger partial charge in [-0.25, -0.2) is 0 Å². The van der Waals surface area contributed by atoms with Crippen molar-refractivity contribution in [3.63, 3.8) is 0 Å². The maximum Gasteiger partial charge on any atom is 0.0541 e. The van der Waals surface area contributed by atoms with Gasteiger partial charge in [0.05, 0.1) is 16.7 Å². The summed E-state index contributed by atoms with van der Waals surface area (Å²) in [5.41, 5.74) is 17.1. The Balaban J connectivity index is 1.04. The van der Waals surface area contributed by atoms with Crippen LogP contribution in [-0.2, 0) is 0 Å². The highest BCUT2D eigenvalue weighted by Crippen LogP contribution is 2.43. The van der Waals surface area contributed by atoms with E-state index in [0.29, 0.717) is 0 Å². The quantitative estimate of drug-likeness (QED) is 0.150. The van der Waals surface area contributed by atoms with Crippen LogP contribution in [0.5, 0.6) is 0 Å². The Morgan fingerprint density at radius 2 is 0.933 bits per heavy atom. The predicted molar refractivity (Wildman–Crippen MR) is 255 cm³/mol. The summed E-state index contributed by atoms with van der Waals surface area (Å²) in [7, 11) is 0. The number of fused-ring (bicyclic) bond motifs is 4. The van der Waals surface area contributed by atoms with Crippen LogP contribution >= 0.6 is 0 Å². The SMILES string of the molecule is C1=C(c2cc(-c3ccccc3)cc(-n3c4ccccc4c4ccccc43)c2)CCC(N(c2ccc(-c3cccc4ccccc34)cc2)c2ccccc2-c2ccccc2)=C1. The zero-order valence-corrected chi connectivity index (χ0v) is 33.2. The Bertz CT molecular complexity index is 3180. The molecule has 0 saturated carbocycles. The van der Waals surface area contributed by atoms with Gasteiger partial charge in [0.25, 0.3) is 0 Å². The zero-order valence-electron chi connectivity index (χ0n) is 33.2. The molecule has 0 atom stereocenters. The third kappa shape index (κ3) is 6.40. The van der Waals surface area contributed by atoms with Crippen LogP contribution in [0, 0.1) is 0 Å². The van der Waals surface area contributed by atoms with E-state index >= 15 is 0 Å². The summed E-state index contributed by atoms with van der Waals surface area (Å²) in [5.74, 6) is 0. The maximum atomic E-state index is 2.48. The molecule has 0 saturated heterocycles. The number of allylic oxidation sites excluding steroid dienone is 4. The Labute approximate surface area is 351 Å². The lowest BCUT2D eigenvalue weighted by Gasteiger charge is -2.32. The summed E-state index contributed by atoms with van der Waals surface area (Å²) in [4.78, 5) is 2.48. The minimum atomic E-state index is 0.889. The van der Waals surface area contributed by atoms with E-state index < -0.39 is 0 Å². The molecule has 1 heterocycles. The van der Waals surface area contributed by atoms with Gasteiger partial charge in [-0.1, -0.05) is 176 Å². The Kier molecular flexibility index (Phi) is 9.02. The highest BCUT2D eigenvalue weighted by molar-refractivity contribution is 6.09. The number of anilines is 2. The van der Waals surface area contributed by atoms with Crippen molar-refractivity contribution in [1.29, 1.82) is 0 Å². The number of para-hydroxylation sites is 3. The summed E-state index contributed by atoms with van der Waals surface area (Å²) >= 11 is 0. The first-order valence-electron chi connectivity index (χ1n) is 20.9. The van der Waals surface area contributed by atoms with Gasteiger partial charge in [0.2, 0.25) is 0 Å². The fourth-order valence-corrected chi connectivity index (χ4v) is 9.23. The first kappa shape index (κ1) is 35.5. The van der Waals surface area contributed by atoms with Crippen molar-refractivity contribution in [3.8, 4) is 39.1 Å². The van der Waals surface area contributed by atoms with E-state index in [-0.39, 0.29) is 0 Å². The van der Waals surface area contributed by atoms with Crippen LogP contribution in [0.4, 0.5) is 11.4 Å². The van der Waals surface area contributed by atoms with Crippen LogP contribution in [0.25, 0.3) is 77.2 Å². The number of rotatable bonds is 8. The Morgan fingerprint density at radius 1 is 0.367 bits per heavy atom. The van der Waals surface area contributed by atoms with Crippen LogP contribution in [0.3, 0.4) is 0 Å². The molecule has 1 aliphatic rings. The number of aromatic nitrogens is 1. The molecule has 2 heteroatoms. The van der Waals surface area contributed by atoms with Gasteiger partial charge in [-0.3, -0.25) is 0 Å². The second-order valence-electron chi connectivity index (χ2n) is 15.6. The number of hydrogen-bond donors (Lipinski definition) is 0. The summed E-state index contributed by atoms with van der Waals surface area (Å²) < 4.78 is 2.44. The van der Waals surface area contributed by atoms with Crippen molar-refractivity contribution in [2.24, 2.45) is 0 Å². The molecule has 284 valence electrons. The van der Waals surface area contributed by atoms with Gasteiger partial charge >= 0.3 is 0 Å². The predicted octanol–water partition coefficient (Wildman–Crippen LogP) is 15.8. The van der Waals surface area contributed by atoms with E-state index in [4.69, 9.17) is 0 Å². The molecule has 2 nitrogen and oxygen atoms in total. The molecule has 11 rings (SSSR count). The minimum absolute atomic E-state index is 0.889. The normalized spacial score (nSPS) is 12.7. The molecular weight excluding hydrogens is 725 g/mol. The van der Waals surface area contributed by atoms with Gasteiger partial charge in [0.15, 0.2) is 0 Å². The van der Waals surface area contributed by atoms with Crippen LogP contribution in [0.15, 0.2) is 236 Å². The molecule has 0 fully saturated rings. The van der Waals surface area contributed by atoms with Gasteiger partial charge in [0, 0.05) is 33.4 Å². The lowest BCUT2D eigenvalue weighted by Crippen LogP contribution is -2.18. The van der Waals surface area contributed by atoms with Crippen molar-refractivity contribution in [2.75, 3.05) is 4.90 Å². The van der Waals surface area contributed by atoms with Gasteiger partial charge in [-0.2, -0.15) is 0 Å². The molecule has 0 radical (unpaired) electrons. The molecule has 10 aromatic rings. The first-order chi connectivity index (χ1) is 29.8. The second-order valence-corrected chi connectivity index (χ2v) is 15.6. The molecule has 60 heavy (non-hydrogen) atoms. The lowest BCUT2D eigenvalue weighted by molar-refractivity contribution is 0.930. The van der Waals surface area contributed by atoms with Crippen LogP contribution in [-0.4, -0.2) is 4.57 Å². The van der Waals surface area contributed by atoms with Crippen LogP contribution in [0.2, 0.25) is 0 Å². The summed E-state index contributed by atoms with van der Waals surface area (Å²) in [6.07, 6.45) is 6.52. The molecule has 0 N–H and O–H groups in total. The van der Waals surface area contributed by atoms with Crippen LogP contribution < -0.4 is 4.90 Å². The monoisotopic (exact) mass is 766 g/mol. The van der Waals surface area contributed by atoms with Crippen molar-refractivity contribution in [1.82, 2.24) is 4.57 Å². The third-order valence-electron chi connectivity index (χ3n) is 12.1. The second kappa shape index (κ2) is 15.2. The average molecular weight is 767 g/mol. The summed E-state index contributed by atoms with van der Waals surface area (Å²) in [5, 5.41) is 5.06. The van der Waals surface area contributed by atoms with Crippen molar-refractivity contribution >= 4 is 49.5 Å². The molecule has 0 unspecified atom stereocenters. The van der Waals surface area contributed by atoms with Crippen LogP contribution in [0.1, 0.15) is 18.4 Å². The van der Waals surface area contributed by atoms with E-state index in [1.165, 1.54) is 94.2 Å². The standard InChI is InChI=1S/C58H42N2/c1-3-16-41(17-4-1)46-38-47(40-50(39-46)60-57-28-13-10-24-54(57)55-25-11-14-29-58(55)60)42-30-34-48(35-31-42)59(56-27-12-9-23-53(56)44-18-5-2-6-19-44)49-36-32-45(33-37-49)52-26-15-21-43-20-7-8-22-51(43)52/h1-30,32-34,36-40H,31,35H2. The fraction of sp³-hybridized carbons (Fsp3) is 0.0345. The summed E-state index contributed by atoms with van der Waals surface area (Å²) in [6.45, 7) is 0. The van der Waals surface area contributed by atoms with E-state index in [9.17, 15) is 0 Å². The molecule has 0 amide bonds. The molecule has 1 aromatic heterocycles. The lowest BCUT2D eigenvalue weighted by atomic mass is 9.91. The summed E-state index contributed by atoms with van der Waals surface area (Å²) in [6, 6.07) is 79.4. The van der Waals surface area contributed by atoms with Crippen molar-refractivity contribution in [2.45, 2.75) is 12.8 Å². The number of hydrogen-bond acceptors (Lipinski definition) is 1. The van der Waals surface area contributed by atoms with Gasteiger partial charge in [-0.15, -0.1) is 0 Å². The van der Waals surface area contributed by atoms with Gasteiger partial charge in [0.1, 0.15) is 0 Å². The minimum Gasteiger partial charge on any atom is -0.314 e. The van der Waals surface area contributed by atoms with E-state index in [1.807, 2.05) is 0 Å². The topological polar surface area (TPSA) is 8.17 Å². The molecular formula is C58H42N2. The van der Waals surface area contributed by atoms with E-state index in [1.54, 1.807) is 0 Å². The third-order valence-corrected chi connectivity index (χ3v) is 12.1. The zero-order chi connectivity index (χ0) is 39.8. The molecule has 0 aliphatic heterocycles. The Morgan fingerprint density at radius 3 is 1.65 bits per heavy atom. The van der Waals surface area contributed by atoms with Gasteiger partial charge in [-0.05, 0) is 117 Å². The smallest absolute Gasteiger partial charge is 0.0541 e. The molecule has 0 bridgehead atoms. The number of benzene rings is 9. The first-order valence-corrected chi connectivity index (χ1v) is 20.9.